The molecule has 206 valence electrons. The van der Waals surface area contributed by atoms with E-state index in [1.54, 1.807) is 24.4 Å². The maximum atomic E-state index is 12.6. The fourth-order valence-corrected chi connectivity index (χ4v) is 6.17. The van der Waals surface area contributed by atoms with Gasteiger partial charge >= 0.3 is 5.97 Å². The molecule has 3 heterocycles. The van der Waals surface area contributed by atoms with Crippen LogP contribution in [0.25, 0.3) is 5.69 Å². The third-order valence-corrected chi connectivity index (χ3v) is 7.81. The molecule has 9 nitrogen and oxygen atoms in total. The van der Waals surface area contributed by atoms with E-state index in [1.807, 2.05) is 67.3 Å². The summed E-state index contributed by atoms with van der Waals surface area (Å²) in [6.45, 7) is 4.02. The molecule has 0 unspecified atom stereocenters. The number of anilines is 2. The summed E-state index contributed by atoms with van der Waals surface area (Å²) >= 11 is 5.85. The minimum Gasteiger partial charge on any atom is -0.465 e. The molecule has 0 saturated carbocycles. The highest BCUT2D eigenvalue weighted by Crippen LogP contribution is 2.44. The Labute approximate surface area is 238 Å². The number of methoxy groups -OCH3 is 1. The van der Waals surface area contributed by atoms with E-state index in [-0.39, 0.29) is 12.1 Å². The molecule has 1 aliphatic heterocycles. The number of carbonyl (C=O) groups is 1. The number of esters is 1. The van der Waals surface area contributed by atoms with Gasteiger partial charge in [-0.25, -0.2) is 13.2 Å². The highest BCUT2D eigenvalue weighted by molar-refractivity contribution is 7.92. The number of benzene rings is 2. The Morgan fingerprint density at radius 1 is 1.05 bits per heavy atom. The number of sulfonamides is 1. The molecular weight excluding hydrogens is 546 g/mol. The molecule has 2 atom stereocenters. The Hall–Kier alpha value is -4.22. The van der Waals surface area contributed by atoms with Crippen molar-refractivity contribution in [2.75, 3.05) is 23.0 Å². The largest absolute Gasteiger partial charge is 0.465 e. The van der Waals surface area contributed by atoms with Crippen LogP contribution in [0.2, 0.25) is 0 Å². The van der Waals surface area contributed by atoms with Gasteiger partial charge in [-0.3, -0.25) is 9.71 Å². The van der Waals surface area contributed by atoms with Crippen molar-refractivity contribution in [3.63, 3.8) is 0 Å². The number of aromatic nitrogens is 2. The van der Waals surface area contributed by atoms with E-state index in [2.05, 4.69) is 25.7 Å². The van der Waals surface area contributed by atoms with Crippen LogP contribution >= 0.6 is 12.2 Å². The van der Waals surface area contributed by atoms with Gasteiger partial charge in [-0.1, -0.05) is 18.2 Å². The summed E-state index contributed by atoms with van der Waals surface area (Å²) in [4.78, 5) is 19.3. The van der Waals surface area contributed by atoms with Crippen molar-refractivity contribution in [1.82, 2.24) is 14.9 Å². The highest BCUT2D eigenvalue weighted by atomic mass is 32.2. The van der Waals surface area contributed by atoms with Crippen molar-refractivity contribution < 1.29 is 17.9 Å². The number of aryl methyl sites for hydroxylation is 1. The van der Waals surface area contributed by atoms with Gasteiger partial charge in [0, 0.05) is 29.0 Å². The normalized spacial score (nSPS) is 17.0. The van der Waals surface area contributed by atoms with E-state index in [0.717, 1.165) is 40.3 Å². The number of carbonyl (C=O) groups excluding carboxylic acids is 1. The number of thiocarbonyl (C=S) groups is 1. The van der Waals surface area contributed by atoms with Crippen LogP contribution in [-0.4, -0.2) is 42.4 Å². The maximum Gasteiger partial charge on any atom is 0.339 e. The van der Waals surface area contributed by atoms with Gasteiger partial charge in [0.15, 0.2) is 5.11 Å². The Morgan fingerprint density at radius 3 is 2.40 bits per heavy atom. The molecule has 5 rings (SSSR count). The van der Waals surface area contributed by atoms with Crippen molar-refractivity contribution in [2.24, 2.45) is 0 Å². The van der Waals surface area contributed by atoms with Crippen molar-refractivity contribution in [3.8, 4) is 5.69 Å². The van der Waals surface area contributed by atoms with E-state index in [9.17, 15) is 13.2 Å². The zero-order chi connectivity index (χ0) is 28.6. The van der Waals surface area contributed by atoms with Gasteiger partial charge < -0.3 is 19.5 Å². The standard InChI is InChI=1S/C29H29N5O4S2/c1-18-17-23(19(2)33(18)25-11-6-5-9-22(25)28(35)38-3)27-26(24-10-7-8-16-30-24)31-29(39)34(27)21-14-12-20(13-15-21)32-40(4,36)37/h5-17,26-27,32H,1-4H3,(H,31,39)/t26-,27-/m1/s1. The van der Waals surface area contributed by atoms with E-state index in [1.165, 1.54) is 7.11 Å². The van der Waals surface area contributed by atoms with Gasteiger partial charge in [0.1, 0.15) is 0 Å². The lowest BCUT2D eigenvalue weighted by Gasteiger charge is -2.28. The number of pyridine rings is 1. The quantitative estimate of drug-likeness (QED) is 0.239. The smallest absolute Gasteiger partial charge is 0.339 e. The number of hydrogen-bond donors (Lipinski definition) is 2. The van der Waals surface area contributed by atoms with Gasteiger partial charge in [0.05, 0.1) is 42.4 Å². The Kier molecular flexibility index (Phi) is 7.35. The molecule has 2 aromatic carbocycles. The Bertz CT molecular complexity index is 1690. The van der Waals surface area contributed by atoms with Crippen LogP contribution in [0, 0.1) is 13.8 Å². The average Bonchev–Trinajstić information content (AvgIpc) is 3.43. The van der Waals surface area contributed by atoms with Crippen LogP contribution < -0.4 is 14.9 Å². The summed E-state index contributed by atoms with van der Waals surface area (Å²) in [6, 6.07) is 21.7. The molecule has 0 bridgehead atoms. The Morgan fingerprint density at radius 2 is 1.75 bits per heavy atom. The predicted octanol–water partition coefficient (Wildman–Crippen LogP) is 4.82. The van der Waals surface area contributed by atoms with Crippen molar-refractivity contribution in [3.05, 3.63) is 107 Å². The molecule has 0 spiro atoms. The minimum atomic E-state index is -3.41. The fraction of sp³-hybridized carbons (Fsp3) is 0.207. The van der Waals surface area contributed by atoms with Crippen LogP contribution in [0.5, 0.6) is 0 Å². The van der Waals surface area contributed by atoms with Gasteiger partial charge in [-0.15, -0.1) is 0 Å². The van der Waals surface area contributed by atoms with Crippen LogP contribution in [0.4, 0.5) is 11.4 Å². The second-order valence-electron chi connectivity index (χ2n) is 9.59. The number of hydrogen-bond acceptors (Lipinski definition) is 6. The second-order valence-corrected chi connectivity index (χ2v) is 11.7. The third kappa shape index (κ3) is 5.17. The lowest BCUT2D eigenvalue weighted by Crippen LogP contribution is -2.29. The highest BCUT2D eigenvalue weighted by Gasteiger charge is 2.42. The molecule has 11 heteroatoms. The van der Waals surface area contributed by atoms with Crippen LogP contribution in [-0.2, 0) is 14.8 Å². The van der Waals surface area contributed by atoms with Gasteiger partial charge in [-0.05, 0) is 86.2 Å². The molecule has 1 aliphatic rings. The fourth-order valence-electron chi connectivity index (χ4n) is 5.26. The van der Waals surface area contributed by atoms with Crippen LogP contribution in [0.1, 0.15) is 45.1 Å². The molecule has 0 aliphatic carbocycles. The first-order valence-corrected chi connectivity index (χ1v) is 14.8. The number of para-hydroxylation sites is 1. The van der Waals surface area contributed by atoms with E-state index < -0.39 is 16.0 Å². The van der Waals surface area contributed by atoms with Gasteiger partial charge in [0.2, 0.25) is 10.0 Å². The van der Waals surface area contributed by atoms with Gasteiger partial charge in [-0.2, -0.15) is 0 Å². The zero-order valence-electron chi connectivity index (χ0n) is 22.5. The molecule has 0 amide bonds. The zero-order valence-corrected chi connectivity index (χ0v) is 24.1. The summed E-state index contributed by atoms with van der Waals surface area (Å²) < 4.78 is 33.0. The average molecular weight is 576 g/mol. The molecule has 1 fully saturated rings. The SMILES string of the molecule is COC(=O)c1ccccc1-n1c(C)cc([C@@H]2[C@@H](c3ccccn3)NC(=S)N2c2ccc(NS(C)(=O)=O)cc2)c1C. The first kappa shape index (κ1) is 27.4. The van der Waals surface area contributed by atoms with E-state index in [0.29, 0.717) is 16.4 Å². The maximum absolute atomic E-state index is 12.6. The molecule has 2 aromatic heterocycles. The molecule has 2 N–H and O–H groups in total. The predicted molar refractivity (Wildman–Crippen MR) is 159 cm³/mol. The minimum absolute atomic E-state index is 0.271. The van der Waals surface area contributed by atoms with E-state index in [4.69, 9.17) is 17.0 Å². The molecule has 1 saturated heterocycles. The summed E-state index contributed by atoms with van der Waals surface area (Å²) in [7, 11) is -2.04. The molecular formula is C29H29N5O4S2. The summed E-state index contributed by atoms with van der Waals surface area (Å²) in [5.41, 5.74) is 6.14. The lowest BCUT2D eigenvalue weighted by atomic mass is 9.96. The summed E-state index contributed by atoms with van der Waals surface area (Å²) in [5.74, 6) is -0.413. The molecule has 4 aromatic rings. The van der Waals surface area contributed by atoms with Crippen molar-refractivity contribution in [1.29, 1.82) is 0 Å². The molecule has 40 heavy (non-hydrogen) atoms. The molecule has 0 radical (unpaired) electrons. The Balaban J connectivity index is 1.65. The number of ether oxygens (including phenoxy) is 1. The third-order valence-electron chi connectivity index (χ3n) is 6.89. The van der Waals surface area contributed by atoms with Crippen LogP contribution in [0.15, 0.2) is 79.0 Å². The summed E-state index contributed by atoms with van der Waals surface area (Å²) in [6.07, 6.45) is 2.86. The number of nitrogens with zero attached hydrogens (tertiary/aromatic N) is 3. The van der Waals surface area contributed by atoms with E-state index >= 15 is 0 Å². The number of rotatable bonds is 7. The second kappa shape index (κ2) is 10.7. The van der Waals surface area contributed by atoms with Crippen LogP contribution in [0.3, 0.4) is 0 Å². The van der Waals surface area contributed by atoms with Crippen molar-refractivity contribution >= 4 is 44.7 Å². The summed E-state index contributed by atoms with van der Waals surface area (Å²) in [5, 5.41) is 3.97. The topological polar surface area (TPSA) is 106 Å². The number of nitrogens with one attached hydrogen (secondary N) is 2. The lowest BCUT2D eigenvalue weighted by molar-refractivity contribution is 0.0600. The first-order valence-electron chi connectivity index (χ1n) is 12.5. The monoisotopic (exact) mass is 575 g/mol. The first-order chi connectivity index (χ1) is 19.1. The van der Waals surface area contributed by atoms with Gasteiger partial charge in [0.25, 0.3) is 0 Å². The van der Waals surface area contributed by atoms with Crippen molar-refractivity contribution in [2.45, 2.75) is 25.9 Å².